The number of thioether (sulfide) groups is 1. The Bertz CT molecular complexity index is 695. The third-order valence-electron chi connectivity index (χ3n) is 4.21. The molecule has 0 fully saturated rings. The van der Waals surface area contributed by atoms with Crippen molar-refractivity contribution in [3.05, 3.63) is 53.0 Å². The topological polar surface area (TPSA) is 75.1 Å². The van der Waals surface area contributed by atoms with E-state index in [0.29, 0.717) is 6.04 Å². The van der Waals surface area contributed by atoms with E-state index in [4.69, 9.17) is 9.90 Å². The molecule has 0 bridgehead atoms. The van der Waals surface area contributed by atoms with Crippen molar-refractivity contribution in [3.8, 4) is 0 Å². The average Bonchev–Trinajstić information content (AvgIpc) is 2.65. The van der Waals surface area contributed by atoms with Crippen LogP contribution in [0.5, 0.6) is 0 Å². The minimum Gasteiger partial charge on any atom is -0.483 e. The Morgan fingerprint density at radius 2 is 1.73 bits per heavy atom. The van der Waals surface area contributed by atoms with E-state index in [1.807, 2.05) is 24.8 Å². The Balaban J connectivity index is 0.00000263. The van der Waals surface area contributed by atoms with Crippen molar-refractivity contribution in [1.82, 2.24) is 9.97 Å². The molecule has 0 saturated heterocycles. The number of hydrogen-bond acceptors (Lipinski definition) is 5. The molecule has 1 heterocycles. The second-order valence-electron chi connectivity index (χ2n) is 7.64. The molecular formula is C24H39N3O2S. The molecule has 0 aromatic carbocycles. The summed E-state index contributed by atoms with van der Waals surface area (Å²) in [6, 6.07) is 2.32. The summed E-state index contributed by atoms with van der Waals surface area (Å²) in [6.07, 6.45) is 13.6. The van der Waals surface area contributed by atoms with E-state index in [0.717, 1.165) is 42.4 Å². The van der Waals surface area contributed by atoms with Crippen LogP contribution in [0.3, 0.4) is 0 Å². The molecule has 0 saturated carbocycles. The molecule has 1 atom stereocenters. The van der Waals surface area contributed by atoms with Gasteiger partial charge < -0.3 is 10.4 Å². The van der Waals surface area contributed by atoms with Gasteiger partial charge in [0, 0.05) is 23.7 Å². The third kappa shape index (κ3) is 16.8. The van der Waals surface area contributed by atoms with Crippen molar-refractivity contribution in [2.75, 3.05) is 16.8 Å². The smallest absolute Gasteiger partial charge is 0.290 e. The lowest BCUT2D eigenvalue weighted by atomic mass is 10.1. The number of rotatable bonds is 12. The molecule has 1 aromatic rings. The van der Waals surface area contributed by atoms with E-state index in [1.54, 1.807) is 6.20 Å². The van der Waals surface area contributed by atoms with E-state index < -0.39 is 0 Å². The van der Waals surface area contributed by atoms with Gasteiger partial charge in [0.15, 0.2) is 0 Å². The Kier molecular flexibility index (Phi) is 16.5. The van der Waals surface area contributed by atoms with Gasteiger partial charge in [-0.15, -0.1) is 0 Å². The molecule has 6 heteroatoms. The van der Waals surface area contributed by atoms with Gasteiger partial charge in [-0.3, -0.25) is 4.79 Å². The lowest BCUT2D eigenvalue weighted by molar-refractivity contribution is -0.122. The molecule has 1 rings (SSSR count). The third-order valence-corrected chi connectivity index (χ3v) is 5.35. The first-order valence-electron chi connectivity index (χ1n) is 10.4. The molecule has 0 aliphatic carbocycles. The second kappa shape index (κ2) is 17.8. The number of aryl methyl sites for hydroxylation is 1. The van der Waals surface area contributed by atoms with Gasteiger partial charge in [-0.2, -0.15) is 11.8 Å². The van der Waals surface area contributed by atoms with Crippen LogP contribution in [0.4, 0.5) is 5.82 Å². The molecule has 1 unspecified atom stereocenters. The first-order valence-corrected chi connectivity index (χ1v) is 11.6. The summed E-state index contributed by atoms with van der Waals surface area (Å²) >= 11 is 1.96. The van der Waals surface area contributed by atoms with Crippen molar-refractivity contribution in [3.63, 3.8) is 0 Å². The lowest BCUT2D eigenvalue weighted by Crippen LogP contribution is -2.19. The predicted molar refractivity (Wildman–Crippen MR) is 131 cm³/mol. The molecule has 2 N–H and O–H groups in total. The van der Waals surface area contributed by atoms with Gasteiger partial charge in [0.2, 0.25) is 0 Å². The zero-order valence-electron chi connectivity index (χ0n) is 19.4. The zero-order chi connectivity index (χ0) is 22.8. The maximum absolute atomic E-state index is 8.36. The van der Waals surface area contributed by atoms with Crippen LogP contribution in [0.15, 0.2) is 47.2 Å². The summed E-state index contributed by atoms with van der Waals surface area (Å²) in [5, 5.41) is 10.3. The highest BCUT2D eigenvalue weighted by molar-refractivity contribution is 7.99. The Morgan fingerprint density at radius 1 is 1.13 bits per heavy atom. The van der Waals surface area contributed by atoms with E-state index in [2.05, 4.69) is 68.1 Å². The maximum atomic E-state index is 8.36. The van der Waals surface area contributed by atoms with Gasteiger partial charge >= 0.3 is 0 Å². The molecule has 1 aromatic heterocycles. The summed E-state index contributed by atoms with van der Waals surface area (Å²) in [7, 11) is 0. The first-order chi connectivity index (χ1) is 14.3. The Morgan fingerprint density at radius 3 is 2.33 bits per heavy atom. The van der Waals surface area contributed by atoms with E-state index in [9.17, 15) is 0 Å². The van der Waals surface area contributed by atoms with E-state index >= 15 is 0 Å². The van der Waals surface area contributed by atoms with Gasteiger partial charge in [0.05, 0.1) is 0 Å². The average molecular weight is 434 g/mol. The fourth-order valence-electron chi connectivity index (χ4n) is 2.62. The van der Waals surface area contributed by atoms with E-state index in [-0.39, 0.29) is 6.47 Å². The van der Waals surface area contributed by atoms with Gasteiger partial charge in [0.1, 0.15) is 11.6 Å². The largest absolute Gasteiger partial charge is 0.483 e. The highest BCUT2D eigenvalue weighted by Gasteiger charge is 2.03. The number of carbonyl (C=O) groups is 1. The predicted octanol–water partition coefficient (Wildman–Crippen LogP) is 6.44. The molecule has 5 nitrogen and oxygen atoms in total. The fraction of sp³-hybridized carbons (Fsp3) is 0.542. The number of nitrogens with one attached hydrogen (secondary N) is 1. The number of anilines is 1. The van der Waals surface area contributed by atoms with Crippen LogP contribution in [0, 0.1) is 6.92 Å². The van der Waals surface area contributed by atoms with Gasteiger partial charge in [-0.05, 0) is 73.3 Å². The highest BCUT2D eigenvalue weighted by Crippen LogP contribution is 2.13. The van der Waals surface area contributed by atoms with Crippen LogP contribution in [-0.2, 0) is 4.79 Å². The summed E-state index contributed by atoms with van der Waals surface area (Å²) in [5.41, 5.74) is 4.41. The van der Waals surface area contributed by atoms with Gasteiger partial charge in [0.25, 0.3) is 6.47 Å². The minimum atomic E-state index is -0.250. The summed E-state index contributed by atoms with van der Waals surface area (Å²) in [6.45, 7) is 12.7. The molecule has 0 aliphatic heterocycles. The second-order valence-corrected chi connectivity index (χ2v) is 8.71. The number of allylic oxidation sites excluding steroid dienone is 5. The molecule has 0 aliphatic rings. The number of nitrogens with zero attached hydrogens (tertiary/aromatic N) is 2. The standard InChI is InChI=1S/C23H37N3S.CH2O2/c1-18(2)9-7-10-19(3)11-8-12-20(4)14-16-27-17-21(5)25-23-13-15-24-22(6)26-23;2-1-3/h9,11,13-15,21H,7-8,10,12,16-17H2,1-6H3,(H,24,25,26);1H,(H,2,3)/b19-11+,20-14+;. The molecule has 0 spiro atoms. The number of aromatic nitrogens is 2. The van der Waals surface area contributed by atoms with Crippen LogP contribution in [0.2, 0.25) is 0 Å². The Labute approximate surface area is 187 Å². The normalized spacial score (nSPS) is 12.5. The summed E-state index contributed by atoms with van der Waals surface area (Å²) in [5.74, 6) is 3.86. The Hall–Kier alpha value is -2.08. The monoisotopic (exact) mass is 433 g/mol. The van der Waals surface area contributed by atoms with Crippen molar-refractivity contribution in [2.45, 2.75) is 73.3 Å². The van der Waals surface area contributed by atoms with Gasteiger partial charge in [-0.25, -0.2) is 9.97 Å². The number of hydrogen-bond donors (Lipinski definition) is 2. The van der Waals surface area contributed by atoms with Gasteiger partial charge in [-0.1, -0.05) is 34.9 Å². The summed E-state index contributed by atoms with van der Waals surface area (Å²) < 4.78 is 0. The summed E-state index contributed by atoms with van der Waals surface area (Å²) in [4.78, 5) is 16.9. The fourth-order valence-corrected chi connectivity index (χ4v) is 3.59. The molecular weight excluding hydrogens is 394 g/mol. The van der Waals surface area contributed by atoms with Crippen LogP contribution in [-0.4, -0.2) is 39.1 Å². The highest BCUT2D eigenvalue weighted by atomic mass is 32.2. The molecule has 0 amide bonds. The van der Waals surface area contributed by atoms with Crippen LogP contribution < -0.4 is 5.32 Å². The minimum absolute atomic E-state index is 0.250. The lowest BCUT2D eigenvalue weighted by Gasteiger charge is -2.13. The van der Waals surface area contributed by atoms with E-state index in [1.165, 1.54) is 23.1 Å². The quantitative estimate of drug-likeness (QED) is 0.224. The van der Waals surface area contributed by atoms with Crippen molar-refractivity contribution >= 4 is 24.1 Å². The van der Waals surface area contributed by atoms with Crippen LogP contribution in [0.1, 0.15) is 66.1 Å². The maximum Gasteiger partial charge on any atom is 0.290 e. The molecule has 0 radical (unpaired) electrons. The van der Waals surface area contributed by atoms with Crippen molar-refractivity contribution in [2.24, 2.45) is 0 Å². The van der Waals surface area contributed by atoms with Crippen molar-refractivity contribution < 1.29 is 9.90 Å². The van der Waals surface area contributed by atoms with Crippen LogP contribution >= 0.6 is 11.8 Å². The number of carboxylic acid groups (broad SMARTS) is 1. The zero-order valence-corrected chi connectivity index (χ0v) is 20.3. The molecule has 30 heavy (non-hydrogen) atoms. The molecule has 168 valence electrons. The first kappa shape index (κ1) is 27.9. The SMILES string of the molecule is CC(C)=CCC/C(C)=C/CC/C(C)=C/CSCC(C)Nc1ccnc(C)n1.O=CO. The van der Waals surface area contributed by atoms with Crippen LogP contribution in [0.25, 0.3) is 0 Å². The van der Waals surface area contributed by atoms with Crippen molar-refractivity contribution in [1.29, 1.82) is 0 Å².